The van der Waals surface area contributed by atoms with Crippen LogP contribution in [0, 0.1) is 5.92 Å². The zero-order valence-corrected chi connectivity index (χ0v) is 7.93. The molecule has 2 atom stereocenters. The molecule has 1 amide bonds. The minimum Gasteiger partial charge on any atom is -0.369 e. The zero-order valence-electron chi connectivity index (χ0n) is 6.35. The Morgan fingerprint density at radius 2 is 2.36 bits per heavy atom. The van der Waals surface area contributed by atoms with E-state index >= 15 is 0 Å². The van der Waals surface area contributed by atoms with Crippen molar-refractivity contribution >= 4 is 21.8 Å². The summed E-state index contributed by atoms with van der Waals surface area (Å²) in [4.78, 5) is 11.1. The molecule has 0 spiro atoms. The van der Waals surface area contributed by atoms with Gasteiger partial charge in [0.25, 0.3) is 0 Å². The summed E-state index contributed by atoms with van der Waals surface area (Å²) in [6.07, 6.45) is 2.75. The highest BCUT2D eigenvalue weighted by Gasteiger charge is 2.28. The molecule has 2 nitrogen and oxygen atoms in total. The van der Waals surface area contributed by atoms with E-state index in [0.29, 0.717) is 0 Å². The molecule has 1 aliphatic carbocycles. The number of primary amides is 1. The van der Waals surface area contributed by atoms with Gasteiger partial charge in [0.15, 0.2) is 0 Å². The summed E-state index contributed by atoms with van der Waals surface area (Å²) in [7, 11) is 0. The molecule has 1 saturated carbocycles. The van der Waals surface area contributed by atoms with Crippen LogP contribution < -0.4 is 5.73 Å². The summed E-state index contributed by atoms with van der Waals surface area (Å²) in [6, 6.07) is 0. The highest BCUT2D eigenvalue weighted by atomic mass is 79.9. The minimum atomic E-state index is -0.215. The van der Waals surface area contributed by atoms with Crippen LogP contribution in [0.15, 0.2) is 12.2 Å². The number of allylic oxidation sites excluding steroid dienone is 1. The molecule has 0 aromatic heterocycles. The van der Waals surface area contributed by atoms with Gasteiger partial charge in [-0.2, -0.15) is 0 Å². The Morgan fingerprint density at radius 3 is 2.82 bits per heavy atom. The molecular formula is C8H12BrNO. The maximum atomic E-state index is 10.9. The number of halogens is 1. The van der Waals surface area contributed by atoms with Gasteiger partial charge in [0.2, 0.25) is 5.91 Å². The number of hydrogen-bond donors (Lipinski definition) is 1. The van der Waals surface area contributed by atoms with E-state index in [1.807, 2.05) is 0 Å². The van der Waals surface area contributed by atoms with Crippen LogP contribution in [0.4, 0.5) is 0 Å². The first-order valence-corrected chi connectivity index (χ1v) is 4.63. The standard InChI is InChI=1S/C8H12BrNO/c1-5-2-3-7(9)6(4-5)8(10)11/h6-7H,1-4H2,(H2,10,11). The molecule has 11 heavy (non-hydrogen) atoms. The van der Waals surface area contributed by atoms with Gasteiger partial charge in [-0.3, -0.25) is 4.79 Å². The molecule has 1 aliphatic rings. The van der Waals surface area contributed by atoms with E-state index in [2.05, 4.69) is 22.5 Å². The Kier molecular flexibility index (Phi) is 2.71. The predicted octanol–water partition coefficient (Wildman–Crippen LogP) is 1.59. The molecule has 0 bridgehead atoms. The summed E-state index contributed by atoms with van der Waals surface area (Å²) >= 11 is 3.44. The lowest BCUT2D eigenvalue weighted by Crippen LogP contribution is -2.33. The third kappa shape index (κ3) is 2.06. The van der Waals surface area contributed by atoms with Crippen molar-refractivity contribution < 1.29 is 4.79 Å². The Labute approximate surface area is 75.0 Å². The molecule has 0 aromatic carbocycles. The van der Waals surface area contributed by atoms with Crippen molar-refractivity contribution in [3.8, 4) is 0 Å². The highest BCUT2D eigenvalue weighted by Crippen LogP contribution is 2.32. The molecule has 1 rings (SSSR count). The van der Waals surface area contributed by atoms with Crippen molar-refractivity contribution in [1.82, 2.24) is 0 Å². The van der Waals surface area contributed by atoms with Crippen molar-refractivity contribution in [3.63, 3.8) is 0 Å². The maximum Gasteiger partial charge on any atom is 0.221 e. The number of nitrogens with two attached hydrogens (primary N) is 1. The Balaban J connectivity index is 2.61. The molecule has 0 saturated heterocycles. The van der Waals surface area contributed by atoms with E-state index in [4.69, 9.17) is 5.73 Å². The van der Waals surface area contributed by atoms with Crippen molar-refractivity contribution in [2.75, 3.05) is 0 Å². The van der Waals surface area contributed by atoms with E-state index in [1.54, 1.807) is 0 Å². The quantitative estimate of drug-likeness (QED) is 0.527. The molecule has 1 fully saturated rings. The fourth-order valence-electron chi connectivity index (χ4n) is 1.36. The van der Waals surface area contributed by atoms with E-state index in [0.717, 1.165) is 24.8 Å². The normalized spacial score (nSPS) is 31.9. The number of carbonyl (C=O) groups excluding carboxylic acids is 1. The minimum absolute atomic E-state index is 0.0451. The lowest BCUT2D eigenvalue weighted by molar-refractivity contribution is -0.121. The van der Waals surface area contributed by atoms with Crippen molar-refractivity contribution in [2.45, 2.75) is 24.1 Å². The summed E-state index contributed by atoms with van der Waals surface area (Å²) < 4.78 is 0. The fraction of sp³-hybridized carbons (Fsp3) is 0.625. The van der Waals surface area contributed by atoms with Crippen molar-refractivity contribution in [3.05, 3.63) is 12.2 Å². The smallest absolute Gasteiger partial charge is 0.221 e. The molecular weight excluding hydrogens is 206 g/mol. The van der Waals surface area contributed by atoms with Crippen molar-refractivity contribution in [1.29, 1.82) is 0 Å². The van der Waals surface area contributed by atoms with Gasteiger partial charge in [-0.15, -0.1) is 0 Å². The van der Waals surface area contributed by atoms with Crippen LogP contribution in [0.5, 0.6) is 0 Å². The number of carbonyl (C=O) groups is 1. The van der Waals surface area contributed by atoms with Crippen LogP contribution >= 0.6 is 15.9 Å². The second-order valence-electron chi connectivity index (χ2n) is 3.02. The highest BCUT2D eigenvalue weighted by molar-refractivity contribution is 9.09. The van der Waals surface area contributed by atoms with Gasteiger partial charge in [-0.05, 0) is 19.3 Å². The molecule has 62 valence electrons. The molecule has 2 unspecified atom stereocenters. The van der Waals surface area contributed by atoms with Gasteiger partial charge in [0.1, 0.15) is 0 Å². The number of hydrogen-bond acceptors (Lipinski definition) is 1. The van der Waals surface area contributed by atoms with Crippen LogP contribution in [-0.2, 0) is 4.79 Å². The molecule has 2 N–H and O–H groups in total. The summed E-state index contributed by atoms with van der Waals surface area (Å²) in [5.74, 6) is -0.260. The number of amides is 1. The summed E-state index contributed by atoms with van der Waals surface area (Å²) in [5, 5.41) is 0. The third-order valence-electron chi connectivity index (χ3n) is 2.08. The Hall–Kier alpha value is -0.310. The molecule has 0 aliphatic heterocycles. The first kappa shape index (κ1) is 8.78. The lowest BCUT2D eigenvalue weighted by atomic mass is 9.86. The van der Waals surface area contributed by atoms with E-state index < -0.39 is 0 Å². The first-order valence-electron chi connectivity index (χ1n) is 3.71. The van der Waals surface area contributed by atoms with Crippen LogP contribution in [0.1, 0.15) is 19.3 Å². The number of rotatable bonds is 1. The number of alkyl halides is 1. The Morgan fingerprint density at radius 1 is 1.73 bits per heavy atom. The van der Waals surface area contributed by atoms with Crippen LogP contribution in [-0.4, -0.2) is 10.7 Å². The summed E-state index contributed by atoms with van der Waals surface area (Å²) in [5.41, 5.74) is 6.35. The predicted molar refractivity (Wildman–Crippen MR) is 48.4 cm³/mol. The molecule has 3 heteroatoms. The van der Waals surface area contributed by atoms with Gasteiger partial charge in [0, 0.05) is 4.83 Å². The summed E-state index contributed by atoms with van der Waals surface area (Å²) in [6.45, 7) is 3.85. The van der Waals surface area contributed by atoms with Crippen LogP contribution in [0.25, 0.3) is 0 Å². The maximum absolute atomic E-state index is 10.9. The fourth-order valence-corrected chi connectivity index (χ4v) is 2.04. The average molecular weight is 218 g/mol. The molecule has 0 heterocycles. The largest absolute Gasteiger partial charge is 0.369 e. The second kappa shape index (κ2) is 3.39. The van der Waals surface area contributed by atoms with Gasteiger partial charge < -0.3 is 5.73 Å². The molecule has 0 radical (unpaired) electrons. The monoisotopic (exact) mass is 217 g/mol. The van der Waals surface area contributed by atoms with Crippen LogP contribution in [0.3, 0.4) is 0 Å². The van der Waals surface area contributed by atoms with E-state index in [-0.39, 0.29) is 16.7 Å². The average Bonchev–Trinajstić information content (AvgIpc) is 1.94. The molecule has 0 aromatic rings. The SMILES string of the molecule is C=C1CCC(Br)C(C(N)=O)C1. The third-order valence-corrected chi connectivity index (χ3v) is 3.18. The second-order valence-corrected chi connectivity index (χ2v) is 4.19. The van der Waals surface area contributed by atoms with Crippen molar-refractivity contribution in [2.24, 2.45) is 11.7 Å². The van der Waals surface area contributed by atoms with Gasteiger partial charge >= 0.3 is 0 Å². The first-order chi connectivity index (χ1) is 5.11. The Bertz CT molecular complexity index is 191. The topological polar surface area (TPSA) is 43.1 Å². The van der Waals surface area contributed by atoms with E-state index in [9.17, 15) is 4.79 Å². The van der Waals surface area contributed by atoms with E-state index in [1.165, 1.54) is 0 Å². The van der Waals surface area contributed by atoms with Gasteiger partial charge in [0.05, 0.1) is 5.92 Å². The van der Waals surface area contributed by atoms with Gasteiger partial charge in [-0.1, -0.05) is 28.1 Å². The van der Waals surface area contributed by atoms with Gasteiger partial charge in [-0.25, -0.2) is 0 Å². The lowest BCUT2D eigenvalue weighted by Gasteiger charge is -2.25. The zero-order chi connectivity index (χ0) is 8.43. The van der Waals surface area contributed by atoms with Crippen LogP contribution in [0.2, 0.25) is 0 Å².